The van der Waals surface area contributed by atoms with Gasteiger partial charge < -0.3 is 15.5 Å². The molecule has 0 saturated carbocycles. The van der Waals surface area contributed by atoms with Gasteiger partial charge in [-0.2, -0.15) is 4.98 Å². The second-order valence-corrected chi connectivity index (χ2v) is 9.70. The molecule has 4 rings (SSSR count). The molecule has 9 nitrogen and oxygen atoms in total. The van der Waals surface area contributed by atoms with Gasteiger partial charge in [0, 0.05) is 25.3 Å². The summed E-state index contributed by atoms with van der Waals surface area (Å²) in [6.07, 6.45) is 4.00. The number of amides is 2. The number of para-hydroxylation sites is 1. The molecule has 1 fully saturated rings. The van der Waals surface area contributed by atoms with E-state index in [0.717, 1.165) is 42.6 Å². The minimum absolute atomic E-state index is 0.0723. The van der Waals surface area contributed by atoms with Gasteiger partial charge in [0.2, 0.25) is 11.8 Å². The zero-order valence-electron chi connectivity index (χ0n) is 19.8. The summed E-state index contributed by atoms with van der Waals surface area (Å²) in [6, 6.07) is 5.80. The molecule has 2 aromatic heterocycles. The maximum Gasteiger partial charge on any atom is 0.273 e. The van der Waals surface area contributed by atoms with Crippen molar-refractivity contribution in [1.29, 1.82) is 0 Å². The first-order chi connectivity index (χ1) is 16.4. The zero-order chi connectivity index (χ0) is 24.2. The lowest BCUT2D eigenvalue weighted by Gasteiger charge is -2.31. The van der Waals surface area contributed by atoms with Gasteiger partial charge >= 0.3 is 0 Å². The van der Waals surface area contributed by atoms with Crippen LogP contribution in [-0.2, 0) is 16.1 Å². The average molecular weight is 483 g/mol. The number of hydrogen-bond donors (Lipinski definition) is 2. The third kappa shape index (κ3) is 5.11. The van der Waals surface area contributed by atoms with Crippen LogP contribution in [0.25, 0.3) is 10.3 Å². The minimum atomic E-state index is -0.292. The standard InChI is InChI=1S/C24H30N6O3S/c1-4-10-25-22(32)17-9-6-11-29(12-17)24-28-21-20(34-24)23(33)30(14-26-21)13-18(31)27-19-15(2)7-5-8-16(19)3/h5,7-8,14,17H,4,6,9-13H2,1-3H3,(H,25,32)(H,27,31)/t17-/m0/s1. The summed E-state index contributed by atoms with van der Waals surface area (Å²) in [5.41, 5.74) is 2.76. The van der Waals surface area contributed by atoms with Crippen LogP contribution in [0.2, 0.25) is 0 Å². The van der Waals surface area contributed by atoms with Gasteiger partial charge in [-0.3, -0.25) is 19.0 Å². The zero-order valence-corrected chi connectivity index (χ0v) is 20.6. The van der Waals surface area contributed by atoms with Gasteiger partial charge in [0.1, 0.15) is 17.6 Å². The number of benzene rings is 1. The van der Waals surface area contributed by atoms with Crippen LogP contribution in [0.4, 0.5) is 10.8 Å². The second-order valence-electron chi connectivity index (χ2n) is 8.72. The average Bonchev–Trinajstić information content (AvgIpc) is 3.27. The summed E-state index contributed by atoms with van der Waals surface area (Å²) < 4.78 is 1.72. The van der Waals surface area contributed by atoms with Crippen LogP contribution in [-0.4, -0.2) is 46.0 Å². The first-order valence-corrected chi connectivity index (χ1v) is 12.4. The summed E-state index contributed by atoms with van der Waals surface area (Å²) in [6.45, 7) is 7.79. The lowest BCUT2D eigenvalue weighted by molar-refractivity contribution is -0.125. The smallest absolute Gasteiger partial charge is 0.273 e. The highest BCUT2D eigenvalue weighted by Gasteiger charge is 2.28. The van der Waals surface area contributed by atoms with Gasteiger partial charge in [-0.25, -0.2) is 4.98 Å². The van der Waals surface area contributed by atoms with Gasteiger partial charge in [-0.15, -0.1) is 0 Å². The van der Waals surface area contributed by atoms with Crippen molar-refractivity contribution in [1.82, 2.24) is 19.9 Å². The number of thiazole rings is 1. The van der Waals surface area contributed by atoms with Crippen LogP contribution >= 0.6 is 11.3 Å². The highest BCUT2D eigenvalue weighted by atomic mass is 32.1. The number of aryl methyl sites for hydroxylation is 2. The molecule has 1 atom stereocenters. The van der Waals surface area contributed by atoms with Gasteiger partial charge in [0.05, 0.1) is 5.92 Å². The summed E-state index contributed by atoms with van der Waals surface area (Å²) in [7, 11) is 0. The van der Waals surface area contributed by atoms with Crippen molar-refractivity contribution in [2.24, 2.45) is 5.92 Å². The lowest BCUT2D eigenvalue weighted by atomic mass is 9.97. The SMILES string of the molecule is CCCNC(=O)[C@H]1CCCN(c2nc3ncn(CC(=O)Nc4c(C)cccc4C)c(=O)c3s2)C1. The molecule has 3 aromatic rings. The molecule has 3 heterocycles. The van der Waals surface area contributed by atoms with Gasteiger partial charge in [-0.05, 0) is 44.2 Å². The molecule has 1 aliphatic heterocycles. The van der Waals surface area contributed by atoms with Crippen LogP contribution in [0, 0.1) is 19.8 Å². The topological polar surface area (TPSA) is 109 Å². The van der Waals surface area contributed by atoms with Crippen molar-refractivity contribution in [3.05, 3.63) is 46.0 Å². The molecule has 180 valence electrons. The summed E-state index contributed by atoms with van der Waals surface area (Å²) in [4.78, 5) is 49.1. The molecule has 0 radical (unpaired) electrons. The fraction of sp³-hybridized carbons (Fsp3) is 0.458. The molecular weight excluding hydrogens is 452 g/mol. The van der Waals surface area contributed by atoms with Gasteiger partial charge in [-0.1, -0.05) is 36.5 Å². The highest BCUT2D eigenvalue weighted by molar-refractivity contribution is 7.22. The number of carbonyl (C=O) groups is 2. The second kappa shape index (κ2) is 10.3. The molecule has 2 amide bonds. The predicted octanol–water partition coefficient (Wildman–Crippen LogP) is 2.85. The Labute approximate surface area is 202 Å². The molecule has 0 spiro atoms. The fourth-order valence-electron chi connectivity index (χ4n) is 4.19. The maximum atomic E-state index is 13.1. The Morgan fingerprint density at radius 1 is 1.24 bits per heavy atom. The number of carbonyl (C=O) groups excluding carboxylic acids is 2. The molecule has 0 bridgehead atoms. The Bertz CT molecular complexity index is 1250. The Balaban J connectivity index is 1.50. The number of fused-ring (bicyclic) bond motifs is 1. The number of aromatic nitrogens is 3. The van der Waals surface area contributed by atoms with Crippen LogP contribution in [0.15, 0.2) is 29.3 Å². The van der Waals surface area contributed by atoms with E-state index in [1.807, 2.05) is 39.0 Å². The third-order valence-electron chi connectivity index (χ3n) is 6.04. The number of nitrogens with one attached hydrogen (secondary N) is 2. The van der Waals surface area contributed by atoms with Crippen molar-refractivity contribution < 1.29 is 9.59 Å². The normalized spacial score (nSPS) is 16.0. The van der Waals surface area contributed by atoms with E-state index in [-0.39, 0.29) is 29.8 Å². The van der Waals surface area contributed by atoms with E-state index in [1.54, 1.807) is 0 Å². The number of anilines is 2. The van der Waals surface area contributed by atoms with Crippen LogP contribution in [0.5, 0.6) is 0 Å². The van der Waals surface area contributed by atoms with Crippen molar-refractivity contribution in [3.8, 4) is 0 Å². The van der Waals surface area contributed by atoms with Crippen LogP contribution in [0.3, 0.4) is 0 Å². The monoisotopic (exact) mass is 482 g/mol. The summed E-state index contributed by atoms with van der Waals surface area (Å²) in [5.74, 6) is -0.309. The van der Waals surface area contributed by atoms with E-state index in [2.05, 4.69) is 25.5 Å². The first-order valence-electron chi connectivity index (χ1n) is 11.6. The summed E-state index contributed by atoms with van der Waals surface area (Å²) in [5, 5.41) is 6.56. The van der Waals surface area contributed by atoms with E-state index >= 15 is 0 Å². The van der Waals surface area contributed by atoms with Crippen LogP contribution in [0.1, 0.15) is 37.3 Å². The fourth-order valence-corrected chi connectivity index (χ4v) is 5.19. The van der Waals surface area contributed by atoms with E-state index in [1.165, 1.54) is 22.2 Å². The van der Waals surface area contributed by atoms with Crippen molar-refractivity contribution in [3.63, 3.8) is 0 Å². The third-order valence-corrected chi connectivity index (χ3v) is 7.14. The van der Waals surface area contributed by atoms with Crippen LogP contribution < -0.4 is 21.1 Å². The molecule has 2 N–H and O–H groups in total. The van der Waals surface area contributed by atoms with E-state index < -0.39 is 0 Å². The molecule has 1 saturated heterocycles. The molecule has 10 heteroatoms. The lowest BCUT2D eigenvalue weighted by Crippen LogP contribution is -2.43. The van der Waals surface area contributed by atoms with Gasteiger partial charge in [0.15, 0.2) is 10.8 Å². The molecule has 1 aliphatic rings. The van der Waals surface area contributed by atoms with Crippen molar-refractivity contribution in [2.45, 2.75) is 46.6 Å². The van der Waals surface area contributed by atoms with E-state index in [9.17, 15) is 14.4 Å². The number of hydrogen-bond acceptors (Lipinski definition) is 7. The maximum absolute atomic E-state index is 13.1. The molecule has 0 unspecified atom stereocenters. The Hall–Kier alpha value is -3.27. The number of rotatable bonds is 7. The van der Waals surface area contributed by atoms with Crippen molar-refractivity contribution >= 4 is 44.3 Å². The van der Waals surface area contributed by atoms with Crippen molar-refractivity contribution in [2.75, 3.05) is 29.9 Å². The van der Waals surface area contributed by atoms with E-state index in [0.29, 0.717) is 28.6 Å². The first kappa shape index (κ1) is 23.9. The Kier molecular flexibility index (Phi) is 7.26. The Morgan fingerprint density at radius 2 is 2.00 bits per heavy atom. The quantitative estimate of drug-likeness (QED) is 0.536. The number of nitrogens with zero attached hydrogens (tertiary/aromatic N) is 4. The van der Waals surface area contributed by atoms with E-state index in [4.69, 9.17) is 0 Å². The summed E-state index contributed by atoms with van der Waals surface area (Å²) >= 11 is 1.27. The molecule has 1 aromatic carbocycles. The molecular formula is C24H30N6O3S. The molecule has 34 heavy (non-hydrogen) atoms. The Morgan fingerprint density at radius 3 is 2.74 bits per heavy atom. The highest BCUT2D eigenvalue weighted by Crippen LogP contribution is 2.29. The number of piperidine rings is 1. The molecule has 0 aliphatic carbocycles. The largest absolute Gasteiger partial charge is 0.356 e. The van der Waals surface area contributed by atoms with Gasteiger partial charge in [0.25, 0.3) is 5.56 Å². The predicted molar refractivity (Wildman–Crippen MR) is 134 cm³/mol. The minimum Gasteiger partial charge on any atom is -0.356 e.